The molecule has 156 valence electrons. The van der Waals surface area contributed by atoms with Crippen molar-refractivity contribution in [3.8, 4) is 0 Å². The van der Waals surface area contributed by atoms with Crippen LogP contribution in [0, 0.1) is 10.1 Å². The Morgan fingerprint density at radius 1 is 0.933 bits per heavy atom. The summed E-state index contributed by atoms with van der Waals surface area (Å²) in [7, 11) is 0. The lowest BCUT2D eigenvalue weighted by atomic mass is 10.1. The molecule has 0 aromatic heterocycles. The van der Waals surface area contributed by atoms with Gasteiger partial charge in [-0.25, -0.2) is 0 Å². The van der Waals surface area contributed by atoms with Gasteiger partial charge >= 0.3 is 5.97 Å². The Bertz CT molecular complexity index is 971. The smallest absolute Gasteiger partial charge is 0.306 e. The summed E-state index contributed by atoms with van der Waals surface area (Å²) in [4.78, 5) is 56.8. The molecule has 0 heterocycles. The number of Topliss-reactive ketones (excluding diaryl/α,β-unsaturated/α-hetero) is 1. The molecule has 0 aliphatic carbocycles. The van der Waals surface area contributed by atoms with Gasteiger partial charge in [-0.05, 0) is 31.2 Å². The molecule has 2 aromatic rings. The van der Waals surface area contributed by atoms with Gasteiger partial charge in [-0.2, -0.15) is 0 Å². The number of esters is 1. The third-order valence-corrected chi connectivity index (χ3v) is 3.84. The van der Waals surface area contributed by atoms with Crippen LogP contribution in [-0.2, 0) is 19.1 Å². The van der Waals surface area contributed by atoms with E-state index in [1.165, 1.54) is 37.3 Å². The van der Waals surface area contributed by atoms with E-state index in [0.29, 0.717) is 16.9 Å². The zero-order chi connectivity index (χ0) is 22.1. The molecule has 2 aromatic carbocycles. The zero-order valence-corrected chi connectivity index (χ0v) is 16.0. The SMILES string of the molecule is CC(=O)c1cccc(NC(=O)COC(=O)CCC(=O)Nc2ccc([N+](=O)[O-])cc2)c1. The molecule has 2 N–H and O–H groups in total. The van der Waals surface area contributed by atoms with Gasteiger partial charge < -0.3 is 15.4 Å². The van der Waals surface area contributed by atoms with Crippen molar-refractivity contribution in [2.45, 2.75) is 19.8 Å². The first kappa shape index (κ1) is 22.2. The molecular formula is C20H19N3O7. The number of carbonyl (C=O) groups excluding carboxylic acids is 4. The maximum Gasteiger partial charge on any atom is 0.306 e. The molecular weight excluding hydrogens is 394 g/mol. The predicted octanol–water partition coefficient (Wildman–Crippen LogP) is 2.70. The van der Waals surface area contributed by atoms with Crippen LogP contribution in [0.3, 0.4) is 0 Å². The normalized spacial score (nSPS) is 10.0. The lowest BCUT2D eigenvalue weighted by molar-refractivity contribution is -0.384. The van der Waals surface area contributed by atoms with E-state index in [-0.39, 0.29) is 24.3 Å². The van der Waals surface area contributed by atoms with Crippen molar-refractivity contribution in [2.24, 2.45) is 0 Å². The fraction of sp³-hybridized carbons (Fsp3) is 0.200. The molecule has 0 fully saturated rings. The predicted molar refractivity (Wildman–Crippen MR) is 107 cm³/mol. The lowest BCUT2D eigenvalue weighted by Gasteiger charge is -2.08. The summed E-state index contributed by atoms with van der Waals surface area (Å²) in [6.07, 6.45) is -0.427. The Hall–Kier alpha value is -4.08. The summed E-state index contributed by atoms with van der Waals surface area (Å²) >= 11 is 0. The molecule has 0 saturated heterocycles. The molecule has 10 heteroatoms. The van der Waals surface area contributed by atoms with Crippen LogP contribution in [0.2, 0.25) is 0 Å². The maximum atomic E-state index is 11.9. The van der Waals surface area contributed by atoms with Crippen molar-refractivity contribution in [2.75, 3.05) is 17.2 Å². The molecule has 0 aliphatic heterocycles. The molecule has 2 rings (SSSR count). The Labute approximate surface area is 171 Å². The minimum Gasteiger partial charge on any atom is -0.456 e. The number of ketones is 1. The molecule has 30 heavy (non-hydrogen) atoms. The summed E-state index contributed by atoms with van der Waals surface area (Å²) < 4.78 is 4.82. The molecule has 0 aliphatic rings. The van der Waals surface area contributed by atoms with Gasteiger partial charge in [0.1, 0.15) is 0 Å². The van der Waals surface area contributed by atoms with Crippen LogP contribution in [0.4, 0.5) is 17.1 Å². The van der Waals surface area contributed by atoms with Crippen LogP contribution >= 0.6 is 0 Å². The largest absolute Gasteiger partial charge is 0.456 e. The number of nitrogens with one attached hydrogen (secondary N) is 2. The number of nitrogens with zero attached hydrogens (tertiary/aromatic N) is 1. The number of nitro benzene ring substituents is 1. The van der Waals surface area contributed by atoms with E-state index in [0.717, 1.165) is 0 Å². The summed E-state index contributed by atoms with van der Waals surface area (Å²) in [6.45, 7) is 0.869. The van der Waals surface area contributed by atoms with Crippen LogP contribution in [0.1, 0.15) is 30.1 Å². The highest BCUT2D eigenvalue weighted by molar-refractivity contribution is 5.98. The third kappa shape index (κ3) is 7.15. The fourth-order valence-electron chi connectivity index (χ4n) is 2.34. The Morgan fingerprint density at radius 2 is 1.60 bits per heavy atom. The van der Waals surface area contributed by atoms with Crippen molar-refractivity contribution >= 4 is 40.6 Å². The van der Waals surface area contributed by atoms with E-state index < -0.39 is 29.3 Å². The standard InChI is InChI=1S/C20H19N3O7/c1-13(24)14-3-2-4-16(11-14)22-19(26)12-30-20(27)10-9-18(25)21-15-5-7-17(8-6-15)23(28)29/h2-8,11H,9-10,12H2,1H3,(H,21,25)(H,22,26). The first-order valence-electron chi connectivity index (χ1n) is 8.85. The number of carbonyl (C=O) groups is 4. The number of anilines is 2. The Kier molecular flexibility index (Phi) is 7.74. The summed E-state index contributed by atoms with van der Waals surface area (Å²) in [5, 5.41) is 15.6. The topological polar surface area (TPSA) is 145 Å². The number of hydrogen-bond acceptors (Lipinski definition) is 7. The van der Waals surface area contributed by atoms with E-state index >= 15 is 0 Å². The van der Waals surface area contributed by atoms with Gasteiger partial charge in [0, 0.05) is 35.5 Å². The summed E-state index contributed by atoms with van der Waals surface area (Å²) in [6, 6.07) is 11.6. The number of nitro groups is 1. The number of hydrogen-bond donors (Lipinski definition) is 2. The van der Waals surface area contributed by atoms with E-state index in [1.807, 2.05) is 0 Å². The van der Waals surface area contributed by atoms with Gasteiger partial charge in [-0.15, -0.1) is 0 Å². The van der Waals surface area contributed by atoms with Crippen LogP contribution in [0.25, 0.3) is 0 Å². The lowest BCUT2D eigenvalue weighted by Crippen LogP contribution is -2.22. The van der Waals surface area contributed by atoms with E-state index in [9.17, 15) is 29.3 Å². The molecule has 0 bridgehead atoms. The third-order valence-electron chi connectivity index (χ3n) is 3.84. The molecule has 0 saturated carbocycles. The molecule has 10 nitrogen and oxygen atoms in total. The van der Waals surface area contributed by atoms with Crippen LogP contribution in [0.5, 0.6) is 0 Å². The minimum absolute atomic E-state index is 0.108. The molecule has 0 radical (unpaired) electrons. The first-order chi connectivity index (χ1) is 14.2. The fourth-order valence-corrected chi connectivity index (χ4v) is 2.34. The minimum atomic E-state index is -0.735. The highest BCUT2D eigenvalue weighted by Gasteiger charge is 2.12. The number of amides is 2. The van der Waals surface area contributed by atoms with Crippen LogP contribution in [-0.4, -0.2) is 35.1 Å². The quantitative estimate of drug-likeness (QED) is 0.278. The van der Waals surface area contributed by atoms with E-state index in [4.69, 9.17) is 4.74 Å². The highest BCUT2D eigenvalue weighted by atomic mass is 16.6. The second-order valence-corrected chi connectivity index (χ2v) is 6.20. The van der Waals surface area contributed by atoms with E-state index in [1.54, 1.807) is 18.2 Å². The first-order valence-corrected chi connectivity index (χ1v) is 8.85. The molecule has 0 unspecified atom stereocenters. The van der Waals surface area contributed by atoms with Gasteiger partial charge in [0.15, 0.2) is 12.4 Å². The monoisotopic (exact) mass is 413 g/mol. The number of non-ortho nitro benzene ring substituents is 1. The highest BCUT2D eigenvalue weighted by Crippen LogP contribution is 2.15. The van der Waals surface area contributed by atoms with E-state index in [2.05, 4.69) is 10.6 Å². The molecule has 2 amide bonds. The maximum absolute atomic E-state index is 11.9. The second-order valence-electron chi connectivity index (χ2n) is 6.20. The summed E-state index contributed by atoms with van der Waals surface area (Å²) in [5.41, 5.74) is 1.07. The average Bonchev–Trinajstić information content (AvgIpc) is 2.71. The molecule has 0 atom stereocenters. The van der Waals surface area contributed by atoms with Gasteiger partial charge in [-0.1, -0.05) is 12.1 Å². The zero-order valence-electron chi connectivity index (χ0n) is 16.0. The Morgan fingerprint density at radius 3 is 2.23 bits per heavy atom. The number of benzene rings is 2. The summed E-state index contributed by atoms with van der Waals surface area (Å²) in [5.74, 6) is -1.95. The number of ether oxygens (including phenoxy) is 1. The second kappa shape index (κ2) is 10.5. The van der Waals surface area contributed by atoms with Crippen molar-refractivity contribution in [1.82, 2.24) is 0 Å². The van der Waals surface area contributed by atoms with Gasteiger partial charge in [0.2, 0.25) is 5.91 Å². The van der Waals surface area contributed by atoms with Crippen LogP contribution < -0.4 is 10.6 Å². The number of rotatable bonds is 9. The van der Waals surface area contributed by atoms with Gasteiger partial charge in [0.25, 0.3) is 11.6 Å². The Balaban J connectivity index is 1.71. The van der Waals surface area contributed by atoms with Gasteiger partial charge in [-0.3, -0.25) is 29.3 Å². The van der Waals surface area contributed by atoms with Crippen molar-refractivity contribution < 1.29 is 28.8 Å². The van der Waals surface area contributed by atoms with Crippen molar-refractivity contribution in [3.05, 3.63) is 64.2 Å². The van der Waals surface area contributed by atoms with Gasteiger partial charge in [0.05, 0.1) is 11.3 Å². The van der Waals surface area contributed by atoms with Crippen molar-refractivity contribution in [1.29, 1.82) is 0 Å². The molecule has 0 spiro atoms. The van der Waals surface area contributed by atoms with Crippen LogP contribution in [0.15, 0.2) is 48.5 Å². The average molecular weight is 413 g/mol. The van der Waals surface area contributed by atoms with Crippen molar-refractivity contribution in [3.63, 3.8) is 0 Å².